The molecule has 10 heteroatoms. The number of aromatic amines is 2. The minimum Gasteiger partial charge on any atom is -0.340 e. The van der Waals surface area contributed by atoms with E-state index in [1.807, 2.05) is 52.5 Å². The fourth-order valence-electron chi connectivity index (χ4n) is 6.97. The van der Waals surface area contributed by atoms with Crippen molar-refractivity contribution >= 4 is 23.2 Å². The Hall–Kier alpha value is -5.35. The lowest BCUT2D eigenvalue weighted by Crippen LogP contribution is -2.32. The molecule has 5 heterocycles. The van der Waals surface area contributed by atoms with Gasteiger partial charge in [-0.3, -0.25) is 9.59 Å². The van der Waals surface area contributed by atoms with Crippen LogP contribution in [0.1, 0.15) is 65.5 Å². The normalized spacial score (nSPS) is 17.7. The van der Waals surface area contributed by atoms with E-state index >= 15 is 0 Å². The van der Waals surface area contributed by atoms with Crippen molar-refractivity contribution in [1.82, 2.24) is 34.7 Å². The average Bonchev–Trinajstić information content (AvgIpc) is 3.97. The second-order valence-corrected chi connectivity index (χ2v) is 13.2. The van der Waals surface area contributed by atoms with Crippen molar-refractivity contribution < 1.29 is 9.59 Å². The number of thiazole rings is 1. The predicted molar refractivity (Wildman–Crippen MR) is 186 cm³/mol. The molecule has 2 fully saturated rings. The lowest BCUT2D eigenvalue weighted by molar-refractivity contribution is -0.131. The number of nitrogens with one attached hydrogen (secondary N) is 2. The monoisotopic (exact) mass is 653 g/mol. The van der Waals surface area contributed by atoms with Crippen LogP contribution in [0.2, 0.25) is 0 Å². The number of H-pyrrole nitrogens is 2. The van der Waals surface area contributed by atoms with E-state index in [1.165, 1.54) is 11.3 Å². The third-order valence-electron chi connectivity index (χ3n) is 9.48. The first-order chi connectivity index (χ1) is 23.6. The van der Waals surface area contributed by atoms with Crippen LogP contribution in [0.5, 0.6) is 0 Å². The highest BCUT2D eigenvalue weighted by atomic mass is 32.1. The van der Waals surface area contributed by atoms with Crippen molar-refractivity contribution in [3.63, 3.8) is 0 Å². The lowest BCUT2D eigenvalue weighted by Gasteiger charge is -2.23. The molecule has 0 bridgehead atoms. The Morgan fingerprint density at radius 2 is 1.23 bits per heavy atom. The van der Waals surface area contributed by atoms with Crippen molar-refractivity contribution in [2.24, 2.45) is 0 Å². The zero-order chi connectivity index (χ0) is 32.5. The van der Waals surface area contributed by atoms with Gasteiger partial charge in [-0.05, 0) is 53.5 Å². The van der Waals surface area contributed by atoms with Gasteiger partial charge < -0.3 is 19.8 Å². The van der Waals surface area contributed by atoms with E-state index in [0.29, 0.717) is 18.7 Å². The van der Waals surface area contributed by atoms with Gasteiger partial charge in [-0.1, -0.05) is 78.9 Å². The Balaban J connectivity index is 0.925. The number of carbonyl (C=O) groups is 2. The molecule has 0 aliphatic carbocycles. The maximum atomic E-state index is 13.1. The van der Waals surface area contributed by atoms with E-state index in [9.17, 15) is 9.59 Å². The molecule has 2 saturated heterocycles. The summed E-state index contributed by atoms with van der Waals surface area (Å²) in [5.41, 5.74) is 9.42. The molecule has 0 spiro atoms. The van der Waals surface area contributed by atoms with E-state index in [1.54, 1.807) is 10.9 Å². The molecule has 0 saturated carbocycles. The van der Waals surface area contributed by atoms with Gasteiger partial charge in [-0.2, -0.15) is 0 Å². The molecule has 2 atom stereocenters. The van der Waals surface area contributed by atoms with Crippen molar-refractivity contribution in [1.29, 1.82) is 0 Å². The van der Waals surface area contributed by atoms with Crippen molar-refractivity contribution in [2.75, 3.05) is 13.1 Å². The smallest absolute Gasteiger partial charge is 0.273 e. The highest BCUT2D eigenvalue weighted by Gasteiger charge is 2.34. The second kappa shape index (κ2) is 13.0. The summed E-state index contributed by atoms with van der Waals surface area (Å²) >= 11 is 1.43. The van der Waals surface area contributed by atoms with Gasteiger partial charge >= 0.3 is 0 Å². The zero-order valence-electron chi connectivity index (χ0n) is 26.4. The third-order valence-corrected chi connectivity index (χ3v) is 10.1. The van der Waals surface area contributed by atoms with E-state index in [2.05, 4.69) is 68.5 Å². The molecular weight excluding hydrogens is 619 g/mol. The van der Waals surface area contributed by atoms with Crippen LogP contribution in [-0.4, -0.2) is 59.6 Å². The molecule has 9 nitrogen and oxygen atoms in total. The highest BCUT2D eigenvalue weighted by molar-refractivity contribution is 7.07. The van der Waals surface area contributed by atoms with E-state index in [4.69, 9.17) is 4.98 Å². The standard InChI is InChI=1S/C38H35N7O2S/c46-35(20-25-6-2-1-3-7-25)44-18-4-8-33(44)36-39-21-30(42-36)28-14-10-26(11-15-28)27-12-16-29(17-13-27)31-22-40-37(43-31)34-9-5-19-45(34)38(47)32-23-48-24-41-32/h1-3,6-7,10-17,21-24,33-34H,4-5,8-9,18-20H2,(H,39,42)(H,40,43)/t33-,34-/m0/s1. The molecule has 8 rings (SSSR count). The fourth-order valence-corrected chi connectivity index (χ4v) is 7.50. The first-order valence-electron chi connectivity index (χ1n) is 16.4. The van der Waals surface area contributed by atoms with Crippen LogP contribution in [0.15, 0.2) is 102 Å². The Morgan fingerprint density at radius 1 is 0.688 bits per heavy atom. The summed E-state index contributed by atoms with van der Waals surface area (Å²) in [7, 11) is 0. The summed E-state index contributed by atoms with van der Waals surface area (Å²) in [6.45, 7) is 1.47. The third kappa shape index (κ3) is 5.95. The van der Waals surface area contributed by atoms with E-state index < -0.39 is 0 Å². The van der Waals surface area contributed by atoms with Crippen LogP contribution in [0.4, 0.5) is 0 Å². The van der Waals surface area contributed by atoms with Crippen molar-refractivity contribution in [2.45, 2.75) is 44.2 Å². The Morgan fingerprint density at radius 3 is 1.79 bits per heavy atom. The number of carbonyl (C=O) groups excluding carboxylic acids is 2. The summed E-state index contributed by atoms with van der Waals surface area (Å²) in [5.74, 6) is 1.76. The first-order valence-corrected chi connectivity index (χ1v) is 17.4. The number of likely N-dealkylation sites (tertiary alicyclic amines) is 2. The molecule has 3 aromatic carbocycles. The van der Waals surface area contributed by atoms with Gasteiger partial charge in [0, 0.05) is 18.5 Å². The summed E-state index contributed by atoms with van der Waals surface area (Å²) in [5, 5.41) is 1.80. The molecule has 2 amide bonds. The van der Waals surface area contributed by atoms with Crippen LogP contribution in [-0.2, 0) is 11.2 Å². The van der Waals surface area contributed by atoms with Gasteiger partial charge in [0.1, 0.15) is 17.3 Å². The Bertz CT molecular complexity index is 2020. The largest absolute Gasteiger partial charge is 0.340 e. The second-order valence-electron chi connectivity index (χ2n) is 12.5. The van der Waals surface area contributed by atoms with Gasteiger partial charge in [0.05, 0.1) is 47.8 Å². The summed E-state index contributed by atoms with van der Waals surface area (Å²) in [6, 6.07) is 26.7. The van der Waals surface area contributed by atoms with Crippen molar-refractivity contribution in [3.8, 4) is 33.6 Å². The molecule has 2 aliphatic rings. The minimum atomic E-state index is -0.0732. The fraction of sp³-hybridized carbons (Fsp3) is 0.237. The number of benzene rings is 3. The molecule has 240 valence electrons. The van der Waals surface area contributed by atoms with Crippen molar-refractivity contribution in [3.05, 3.63) is 125 Å². The summed E-state index contributed by atoms with van der Waals surface area (Å²) in [4.78, 5) is 50.6. The van der Waals surface area contributed by atoms with Gasteiger partial charge in [-0.15, -0.1) is 11.3 Å². The lowest BCUT2D eigenvalue weighted by atomic mass is 10.0. The van der Waals surface area contributed by atoms with E-state index in [0.717, 1.165) is 83.1 Å². The number of aromatic nitrogens is 5. The Kier molecular flexibility index (Phi) is 8.15. The quantitative estimate of drug-likeness (QED) is 0.177. The summed E-state index contributed by atoms with van der Waals surface area (Å²) < 4.78 is 0. The zero-order valence-corrected chi connectivity index (χ0v) is 27.2. The van der Waals surface area contributed by atoms with Gasteiger partial charge in [0.2, 0.25) is 5.91 Å². The van der Waals surface area contributed by atoms with E-state index in [-0.39, 0.29) is 23.9 Å². The molecule has 3 aromatic heterocycles. The maximum absolute atomic E-state index is 13.1. The van der Waals surface area contributed by atoms with Crippen LogP contribution in [0.25, 0.3) is 33.6 Å². The van der Waals surface area contributed by atoms with Gasteiger partial charge in [0.15, 0.2) is 0 Å². The minimum absolute atomic E-state index is 0.0261. The maximum Gasteiger partial charge on any atom is 0.273 e. The number of amides is 2. The van der Waals surface area contributed by atoms with Crippen LogP contribution in [0.3, 0.4) is 0 Å². The molecule has 48 heavy (non-hydrogen) atoms. The van der Waals surface area contributed by atoms with Crippen LogP contribution < -0.4 is 0 Å². The Labute approximate surface area is 282 Å². The SMILES string of the molecule is O=C(Cc1ccccc1)N1CCC[C@H]1c1ncc(-c2ccc(-c3ccc(-c4cnc([C@@H]5CCCN5C(=O)c5cscn5)[nH]4)cc3)cc2)[nH]1. The summed E-state index contributed by atoms with van der Waals surface area (Å²) in [6.07, 6.45) is 7.85. The number of hydrogen-bond donors (Lipinski definition) is 2. The molecule has 2 aliphatic heterocycles. The van der Waals surface area contributed by atoms with Gasteiger partial charge in [-0.25, -0.2) is 15.0 Å². The van der Waals surface area contributed by atoms with Crippen LogP contribution in [0, 0.1) is 0 Å². The molecule has 6 aromatic rings. The number of nitrogens with zero attached hydrogens (tertiary/aromatic N) is 5. The molecule has 2 N–H and O–H groups in total. The topological polar surface area (TPSA) is 111 Å². The molecule has 0 radical (unpaired) electrons. The van der Waals surface area contributed by atoms with Gasteiger partial charge in [0.25, 0.3) is 5.91 Å². The van der Waals surface area contributed by atoms with Crippen LogP contribution >= 0.6 is 11.3 Å². The molecular formula is C38H35N7O2S. The molecule has 0 unspecified atom stereocenters. The highest BCUT2D eigenvalue weighted by Crippen LogP contribution is 2.35. The first kappa shape index (κ1) is 30.0. The number of rotatable bonds is 8. The predicted octanol–water partition coefficient (Wildman–Crippen LogP) is 7.47. The number of imidazole rings is 2. The number of hydrogen-bond acceptors (Lipinski definition) is 6. The average molecular weight is 654 g/mol.